The summed E-state index contributed by atoms with van der Waals surface area (Å²) in [6.45, 7) is 1.67. The maximum absolute atomic E-state index is 11.6. The molecule has 0 spiro atoms. The Bertz CT molecular complexity index is 537. The van der Waals surface area contributed by atoms with E-state index in [4.69, 9.17) is 4.52 Å². The molecule has 18 heavy (non-hydrogen) atoms. The summed E-state index contributed by atoms with van der Waals surface area (Å²) < 4.78 is 5.49. The second kappa shape index (κ2) is 5.05. The van der Waals surface area contributed by atoms with Crippen molar-refractivity contribution in [2.45, 2.75) is 6.92 Å². The van der Waals surface area contributed by atoms with Crippen molar-refractivity contribution < 1.29 is 14.1 Å². The monoisotopic (exact) mass is 312 g/mol. The van der Waals surface area contributed by atoms with Crippen molar-refractivity contribution in [2.75, 3.05) is 0 Å². The van der Waals surface area contributed by atoms with Crippen molar-refractivity contribution in [3.63, 3.8) is 0 Å². The van der Waals surface area contributed by atoms with Crippen molar-refractivity contribution in [2.24, 2.45) is 0 Å². The number of carbonyl (C=O) groups is 2. The Kier molecular flexibility index (Phi) is 3.47. The van der Waals surface area contributed by atoms with E-state index in [1.54, 1.807) is 19.2 Å². The number of nitrogens with zero attached hydrogens (tertiary/aromatic N) is 1. The zero-order chi connectivity index (χ0) is 13.1. The largest absolute Gasteiger partial charge is 0.361 e. The van der Waals surface area contributed by atoms with Gasteiger partial charge >= 0.3 is 0 Å². The van der Waals surface area contributed by atoms with Crippen LogP contribution in [-0.4, -0.2) is 22.0 Å². The molecule has 0 saturated carbocycles. The smallest absolute Gasteiger partial charge is 0.291 e. The van der Waals surface area contributed by atoms with E-state index in [2.05, 4.69) is 36.9 Å². The molecular weight excluding hydrogens is 304 g/mol. The zero-order valence-corrected chi connectivity index (χ0v) is 10.9. The van der Waals surface area contributed by atoms with Crippen LogP contribution >= 0.6 is 15.9 Å². The minimum atomic E-state index is -0.550. The predicted molar refractivity (Wildman–Crippen MR) is 64.7 cm³/mol. The van der Waals surface area contributed by atoms with Crippen LogP contribution in [-0.2, 0) is 0 Å². The molecule has 8 heteroatoms. The molecule has 0 saturated heterocycles. The summed E-state index contributed by atoms with van der Waals surface area (Å²) >= 11 is 3.20. The molecule has 0 aliphatic heterocycles. The third kappa shape index (κ3) is 2.77. The number of aromatic nitrogens is 2. The number of aromatic amines is 1. The molecule has 0 radical (unpaired) electrons. The topological polar surface area (TPSA) is 100 Å². The van der Waals surface area contributed by atoms with E-state index < -0.39 is 11.8 Å². The number of carbonyl (C=O) groups excluding carboxylic acids is 2. The minimum absolute atomic E-state index is 0.0977. The summed E-state index contributed by atoms with van der Waals surface area (Å²) in [6, 6.07) is 3.05. The zero-order valence-electron chi connectivity index (χ0n) is 9.28. The lowest BCUT2D eigenvalue weighted by Crippen LogP contribution is -2.41. The standard InChI is InChI=1S/C10H9BrN4O3/c1-5-2-8(15-18-5)10(17)14-13-9(16)7-3-6(11)4-12-7/h2-4,12H,1H3,(H,13,16)(H,14,17). The van der Waals surface area contributed by atoms with Gasteiger partial charge in [-0.2, -0.15) is 0 Å². The average molecular weight is 313 g/mol. The van der Waals surface area contributed by atoms with Gasteiger partial charge < -0.3 is 9.51 Å². The molecule has 2 aromatic heterocycles. The molecule has 0 bridgehead atoms. The minimum Gasteiger partial charge on any atom is -0.361 e. The van der Waals surface area contributed by atoms with E-state index >= 15 is 0 Å². The lowest BCUT2D eigenvalue weighted by Gasteiger charge is -2.03. The van der Waals surface area contributed by atoms with E-state index in [1.807, 2.05) is 0 Å². The first-order chi connectivity index (χ1) is 8.56. The van der Waals surface area contributed by atoms with Gasteiger partial charge in [-0.3, -0.25) is 20.4 Å². The highest BCUT2D eigenvalue weighted by Crippen LogP contribution is 2.10. The third-order valence-corrected chi connectivity index (χ3v) is 2.50. The van der Waals surface area contributed by atoms with Gasteiger partial charge in [0.05, 0.1) is 0 Å². The number of amides is 2. The van der Waals surface area contributed by atoms with E-state index in [1.165, 1.54) is 6.07 Å². The molecule has 0 aliphatic carbocycles. The fourth-order valence-electron chi connectivity index (χ4n) is 1.22. The third-order valence-electron chi connectivity index (χ3n) is 2.04. The fraction of sp³-hybridized carbons (Fsp3) is 0.100. The average Bonchev–Trinajstić information content (AvgIpc) is 2.94. The number of rotatable bonds is 2. The van der Waals surface area contributed by atoms with Gasteiger partial charge in [0.25, 0.3) is 11.8 Å². The van der Waals surface area contributed by atoms with Crippen LogP contribution < -0.4 is 10.9 Å². The van der Waals surface area contributed by atoms with E-state index in [-0.39, 0.29) is 5.69 Å². The summed E-state index contributed by atoms with van der Waals surface area (Å²) in [5.74, 6) is -0.500. The number of H-pyrrole nitrogens is 1. The summed E-state index contributed by atoms with van der Waals surface area (Å²) in [6.07, 6.45) is 1.61. The molecule has 2 amide bonds. The normalized spacial score (nSPS) is 10.1. The number of hydrogen-bond donors (Lipinski definition) is 3. The van der Waals surface area contributed by atoms with Crippen molar-refractivity contribution in [1.82, 2.24) is 21.0 Å². The summed E-state index contributed by atoms with van der Waals surface area (Å²) in [5, 5.41) is 3.52. The lowest BCUT2D eigenvalue weighted by atomic mass is 10.4. The number of hydrogen-bond acceptors (Lipinski definition) is 4. The van der Waals surface area contributed by atoms with Crippen LogP contribution in [0.2, 0.25) is 0 Å². The van der Waals surface area contributed by atoms with E-state index in [9.17, 15) is 9.59 Å². The highest BCUT2D eigenvalue weighted by molar-refractivity contribution is 9.10. The lowest BCUT2D eigenvalue weighted by molar-refractivity contribution is 0.0839. The molecule has 2 heterocycles. The number of halogens is 1. The molecule has 2 rings (SSSR count). The molecule has 3 N–H and O–H groups in total. The van der Waals surface area contributed by atoms with Crippen LogP contribution in [0.15, 0.2) is 27.3 Å². The Labute approximate surface area is 110 Å². The first-order valence-electron chi connectivity index (χ1n) is 4.94. The van der Waals surface area contributed by atoms with Gasteiger partial charge in [0, 0.05) is 16.7 Å². The maximum atomic E-state index is 11.6. The maximum Gasteiger partial charge on any atom is 0.291 e. The molecule has 94 valence electrons. The SMILES string of the molecule is Cc1cc(C(=O)NNC(=O)c2cc(Br)c[nH]2)no1. The van der Waals surface area contributed by atoms with Crippen LogP contribution in [0.3, 0.4) is 0 Å². The molecule has 0 aliphatic rings. The molecule has 0 unspecified atom stereocenters. The number of aryl methyl sites for hydroxylation is 1. The van der Waals surface area contributed by atoms with Crippen LogP contribution in [0.5, 0.6) is 0 Å². The van der Waals surface area contributed by atoms with Gasteiger partial charge in [-0.15, -0.1) is 0 Å². The number of nitrogens with one attached hydrogen (secondary N) is 3. The molecule has 0 aromatic carbocycles. The number of hydrazine groups is 1. The molecule has 0 atom stereocenters. The van der Waals surface area contributed by atoms with Crippen LogP contribution in [0.25, 0.3) is 0 Å². The quantitative estimate of drug-likeness (QED) is 0.724. The Hall–Kier alpha value is -2.09. The second-order valence-electron chi connectivity index (χ2n) is 3.46. The van der Waals surface area contributed by atoms with Crippen LogP contribution in [0.4, 0.5) is 0 Å². The van der Waals surface area contributed by atoms with Crippen LogP contribution in [0.1, 0.15) is 26.7 Å². The van der Waals surface area contributed by atoms with Gasteiger partial charge in [0.15, 0.2) is 5.69 Å². The molecular formula is C10H9BrN4O3. The van der Waals surface area contributed by atoms with E-state index in [0.29, 0.717) is 11.5 Å². The predicted octanol–water partition coefficient (Wildman–Crippen LogP) is 1.15. The fourth-order valence-corrected chi connectivity index (χ4v) is 1.56. The van der Waals surface area contributed by atoms with E-state index in [0.717, 1.165) is 4.47 Å². The second-order valence-corrected chi connectivity index (χ2v) is 4.38. The van der Waals surface area contributed by atoms with Crippen molar-refractivity contribution in [3.8, 4) is 0 Å². The van der Waals surface area contributed by atoms with Gasteiger partial charge in [0.2, 0.25) is 0 Å². The Morgan fingerprint density at radius 2 is 2.06 bits per heavy atom. The van der Waals surface area contributed by atoms with Gasteiger partial charge in [0.1, 0.15) is 11.5 Å². The van der Waals surface area contributed by atoms with Crippen LogP contribution in [0, 0.1) is 6.92 Å². The van der Waals surface area contributed by atoms with Gasteiger partial charge in [-0.25, -0.2) is 0 Å². The Morgan fingerprint density at radius 3 is 2.61 bits per heavy atom. The summed E-state index contributed by atoms with van der Waals surface area (Å²) in [5.41, 5.74) is 4.89. The Balaban J connectivity index is 1.92. The van der Waals surface area contributed by atoms with Crippen molar-refractivity contribution in [3.05, 3.63) is 40.0 Å². The highest BCUT2D eigenvalue weighted by Gasteiger charge is 2.13. The molecule has 7 nitrogen and oxygen atoms in total. The first kappa shape index (κ1) is 12.4. The Morgan fingerprint density at radius 1 is 1.33 bits per heavy atom. The van der Waals surface area contributed by atoms with Gasteiger partial charge in [-0.1, -0.05) is 5.16 Å². The molecule has 0 fully saturated rings. The summed E-state index contributed by atoms with van der Waals surface area (Å²) in [4.78, 5) is 25.8. The first-order valence-corrected chi connectivity index (χ1v) is 5.73. The van der Waals surface area contributed by atoms with Crippen molar-refractivity contribution >= 4 is 27.7 Å². The van der Waals surface area contributed by atoms with Gasteiger partial charge in [-0.05, 0) is 28.9 Å². The highest BCUT2D eigenvalue weighted by atomic mass is 79.9. The van der Waals surface area contributed by atoms with Crippen molar-refractivity contribution in [1.29, 1.82) is 0 Å². The molecule has 2 aromatic rings. The summed E-state index contributed by atoms with van der Waals surface area (Å²) in [7, 11) is 0.